The number of carbonyl (C=O) groups excluding carboxylic acids is 1. The van der Waals surface area contributed by atoms with E-state index in [0.717, 1.165) is 29.2 Å². The van der Waals surface area contributed by atoms with Gasteiger partial charge in [-0.2, -0.15) is 13.2 Å². The minimum absolute atomic E-state index is 0.0697. The van der Waals surface area contributed by atoms with Gasteiger partial charge in [0.2, 0.25) is 0 Å². The molecule has 31 heavy (non-hydrogen) atoms. The van der Waals surface area contributed by atoms with Gasteiger partial charge in [0.1, 0.15) is 5.65 Å². The molecule has 0 fully saturated rings. The maximum absolute atomic E-state index is 12.9. The number of halogens is 3. The van der Waals surface area contributed by atoms with Crippen LogP contribution in [0.4, 0.5) is 13.2 Å². The molecule has 0 radical (unpaired) electrons. The summed E-state index contributed by atoms with van der Waals surface area (Å²) in [4.78, 5) is 18.8. The van der Waals surface area contributed by atoms with Crippen LogP contribution in [0, 0.1) is 6.92 Å². The Morgan fingerprint density at radius 1 is 1.16 bits per heavy atom. The fourth-order valence-corrected chi connectivity index (χ4v) is 3.35. The number of carbonyl (C=O) groups is 1. The van der Waals surface area contributed by atoms with E-state index in [4.69, 9.17) is 0 Å². The minimum atomic E-state index is -4.42. The van der Waals surface area contributed by atoms with E-state index in [1.54, 1.807) is 13.1 Å². The van der Waals surface area contributed by atoms with E-state index in [0.29, 0.717) is 12.1 Å². The Morgan fingerprint density at radius 3 is 2.74 bits per heavy atom. The predicted molar refractivity (Wildman–Crippen MR) is 106 cm³/mol. The lowest BCUT2D eigenvalue weighted by molar-refractivity contribution is -0.137. The maximum Gasteiger partial charge on any atom is 0.416 e. The summed E-state index contributed by atoms with van der Waals surface area (Å²) in [6.45, 7) is 2.27. The van der Waals surface area contributed by atoms with Gasteiger partial charge in [-0.3, -0.25) is 4.79 Å². The van der Waals surface area contributed by atoms with Crippen LogP contribution in [0.5, 0.6) is 0 Å². The normalized spacial score (nSPS) is 11.8. The lowest BCUT2D eigenvalue weighted by Gasteiger charge is -2.16. The zero-order valence-electron chi connectivity index (χ0n) is 16.8. The first-order chi connectivity index (χ1) is 14.7. The molecular formula is C21H19F3N6O. The van der Waals surface area contributed by atoms with Crippen molar-refractivity contribution in [1.82, 2.24) is 29.3 Å². The Bertz CT molecular complexity index is 1240. The SMILES string of the molecule is Cc1nc2ccccn2c1CN(C)C(=O)c1cn(Cc2cccc(C(F)(F)F)c2)nn1. The highest BCUT2D eigenvalue weighted by atomic mass is 19.4. The van der Waals surface area contributed by atoms with Crippen LogP contribution in [0.25, 0.3) is 5.65 Å². The molecule has 7 nitrogen and oxygen atoms in total. The summed E-state index contributed by atoms with van der Waals surface area (Å²) in [7, 11) is 1.65. The zero-order valence-corrected chi connectivity index (χ0v) is 16.8. The average Bonchev–Trinajstić information content (AvgIpc) is 3.31. The molecule has 10 heteroatoms. The second kappa shape index (κ2) is 7.86. The summed E-state index contributed by atoms with van der Waals surface area (Å²) in [6, 6.07) is 10.6. The molecule has 0 aliphatic heterocycles. The molecule has 160 valence electrons. The number of hydrogen-bond donors (Lipinski definition) is 0. The summed E-state index contributed by atoms with van der Waals surface area (Å²) in [6.07, 6.45) is -1.10. The van der Waals surface area contributed by atoms with E-state index >= 15 is 0 Å². The number of alkyl halides is 3. The number of fused-ring (bicyclic) bond motifs is 1. The third-order valence-electron chi connectivity index (χ3n) is 4.92. The molecule has 1 amide bonds. The van der Waals surface area contributed by atoms with Gasteiger partial charge >= 0.3 is 6.18 Å². The Labute approximate surface area is 175 Å². The van der Waals surface area contributed by atoms with Crippen molar-refractivity contribution in [2.45, 2.75) is 26.2 Å². The second-order valence-electron chi connectivity index (χ2n) is 7.23. The highest BCUT2D eigenvalue weighted by Gasteiger charge is 2.30. The Balaban J connectivity index is 1.48. The number of hydrogen-bond acceptors (Lipinski definition) is 4. The molecule has 0 aliphatic carbocycles. The number of benzene rings is 1. The van der Waals surface area contributed by atoms with Crippen LogP contribution in [0.1, 0.15) is 33.0 Å². The Morgan fingerprint density at radius 2 is 1.97 bits per heavy atom. The minimum Gasteiger partial charge on any atom is -0.334 e. The summed E-state index contributed by atoms with van der Waals surface area (Å²) in [5.41, 5.74) is 2.28. The van der Waals surface area contributed by atoms with E-state index in [2.05, 4.69) is 15.3 Å². The van der Waals surface area contributed by atoms with Gasteiger partial charge in [-0.25, -0.2) is 9.67 Å². The lowest BCUT2D eigenvalue weighted by atomic mass is 10.1. The lowest BCUT2D eigenvalue weighted by Crippen LogP contribution is -2.27. The van der Waals surface area contributed by atoms with E-state index in [9.17, 15) is 18.0 Å². The maximum atomic E-state index is 12.9. The molecule has 0 saturated heterocycles. The molecular weight excluding hydrogens is 409 g/mol. The smallest absolute Gasteiger partial charge is 0.334 e. The summed E-state index contributed by atoms with van der Waals surface area (Å²) in [5, 5.41) is 7.79. The van der Waals surface area contributed by atoms with Crippen LogP contribution in [0.15, 0.2) is 54.9 Å². The third kappa shape index (κ3) is 4.27. The van der Waals surface area contributed by atoms with Gasteiger partial charge in [0.25, 0.3) is 5.91 Å². The topological polar surface area (TPSA) is 68.3 Å². The van der Waals surface area contributed by atoms with E-state index < -0.39 is 11.7 Å². The fourth-order valence-electron chi connectivity index (χ4n) is 3.35. The molecule has 0 bridgehead atoms. The third-order valence-corrected chi connectivity index (χ3v) is 4.92. The molecule has 0 spiro atoms. The molecule has 0 aliphatic rings. The summed E-state index contributed by atoms with van der Waals surface area (Å²) >= 11 is 0. The number of imidazole rings is 1. The standard InChI is InChI=1S/C21H19F3N6O/c1-14-18(30-9-4-3-8-19(30)25-14)13-28(2)20(31)17-12-29(27-26-17)11-15-6-5-7-16(10-15)21(22,23)24/h3-10,12H,11,13H2,1-2H3. The van der Waals surface area contributed by atoms with Crippen LogP contribution in [-0.4, -0.2) is 42.2 Å². The molecule has 3 aromatic heterocycles. The molecule has 0 N–H and O–H groups in total. The van der Waals surface area contributed by atoms with Crippen molar-refractivity contribution in [1.29, 1.82) is 0 Å². The van der Waals surface area contributed by atoms with Crippen molar-refractivity contribution in [3.05, 3.63) is 83.1 Å². The number of aryl methyl sites for hydroxylation is 1. The van der Waals surface area contributed by atoms with Gasteiger partial charge in [0, 0.05) is 13.2 Å². The summed E-state index contributed by atoms with van der Waals surface area (Å²) < 4.78 is 42.0. The molecule has 3 heterocycles. The van der Waals surface area contributed by atoms with Gasteiger partial charge in [0.05, 0.1) is 36.2 Å². The number of amides is 1. The van der Waals surface area contributed by atoms with Crippen molar-refractivity contribution in [2.24, 2.45) is 0 Å². The van der Waals surface area contributed by atoms with Crippen LogP contribution < -0.4 is 0 Å². The van der Waals surface area contributed by atoms with Gasteiger partial charge in [-0.15, -0.1) is 5.10 Å². The van der Waals surface area contributed by atoms with E-state index in [-0.39, 0.29) is 18.1 Å². The van der Waals surface area contributed by atoms with Crippen molar-refractivity contribution in [3.63, 3.8) is 0 Å². The van der Waals surface area contributed by atoms with Gasteiger partial charge in [-0.05, 0) is 36.8 Å². The zero-order chi connectivity index (χ0) is 22.2. The van der Waals surface area contributed by atoms with Crippen molar-refractivity contribution in [2.75, 3.05) is 7.05 Å². The molecule has 4 aromatic rings. The molecule has 0 unspecified atom stereocenters. The second-order valence-corrected chi connectivity index (χ2v) is 7.23. The van der Waals surface area contributed by atoms with Crippen LogP contribution in [0.3, 0.4) is 0 Å². The van der Waals surface area contributed by atoms with Gasteiger partial charge in [0.15, 0.2) is 5.69 Å². The molecule has 0 atom stereocenters. The molecule has 1 aromatic carbocycles. The monoisotopic (exact) mass is 428 g/mol. The number of pyridine rings is 1. The number of nitrogens with zero attached hydrogens (tertiary/aromatic N) is 6. The first-order valence-electron chi connectivity index (χ1n) is 9.46. The summed E-state index contributed by atoms with van der Waals surface area (Å²) in [5.74, 6) is -0.347. The fraction of sp³-hybridized carbons (Fsp3) is 0.238. The van der Waals surface area contributed by atoms with Crippen molar-refractivity contribution < 1.29 is 18.0 Å². The highest BCUT2D eigenvalue weighted by Crippen LogP contribution is 2.29. The van der Waals surface area contributed by atoms with Crippen LogP contribution in [-0.2, 0) is 19.3 Å². The van der Waals surface area contributed by atoms with Crippen molar-refractivity contribution in [3.8, 4) is 0 Å². The van der Waals surface area contributed by atoms with E-state index in [1.165, 1.54) is 21.8 Å². The number of aromatic nitrogens is 5. The first-order valence-corrected chi connectivity index (χ1v) is 9.46. The van der Waals surface area contributed by atoms with Crippen LogP contribution in [0.2, 0.25) is 0 Å². The Kier molecular flexibility index (Phi) is 5.22. The predicted octanol–water partition coefficient (Wildman–Crippen LogP) is 3.57. The quantitative estimate of drug-likeness (QED) is 0.487. The van der Waals surface area contributed by atoms with Gasteiger partial charge < -0.3 is 9.30 Å². The van der Waals surface area contributed by atoms with Crippen molar-refractivity contribution >= 4 is 11.6 Å². The van der Waals surface area contributed by atoms with Gasteiger partial charge in [-0.1, -0.05) is 23.4 Å². The first kappa shape index (κ1) is 20.6. The van der Waals surface area contributed by atoms with Crippen LogP contribution >= 0.6 is 0 Å². The molecule has 0 saturated carbocycles. The molecule has 4 rings (SSSR count). The highest BCUT2D eigenvalue weighted by molar-refractivity contribution is 5.91. The van der Waals surface area contributed by atoms with E-state index in [1.807, 2.05) is 35.7 Å². The number of rotatable bonds is 5. The average molecular weight is 428 g/mol. The Hall–Kier alpha value is -3.69. The largest absolute Gasteiger partial charge is 0.416 e.